The van der Waals surface area contributed by atoms with Gasteiger partial charge < -0.3 is 14.8 Å². The molecule has 0 aliphatic carbocycles. The van der Waals surface area contributed by atoms with Crippen molar-refractivity contribution >= 4 is 6.29 Å². The molecule has 0 amide bonds. The monoisotopic (exact) mass is 346 g/mol. The summed E-state index contributed by atoms with van der Waals surface area (Å²) in [7, 11) is 0. The highest BCUT2D eigenvalue weighted by atomic mass is 19.2. The molecule has 2 saturated heterocycles. The molecule has 2 heterocycles. The van der Waals surface area contributed by atoms with E-state index < -0.39 is 40.8 Å². The summed E-state index contributed by atoms with van der Waals surface area (Å²) >= 11 is 0. The first-order chi connectivity index (χ1) is 11.5. The molecular weight excluding hydrogens is 328 g/mol. The number of hydrogen-bond acceptors (Lipinski definition) is 4. The highest BCUT2D eigenvalue weighted by molar-refractivity contribution is 5.59. The van der Waals surface area contributed by atoms with Crippen LogP contribution in [0.1, 0.15) is 17.9 Å². The van der Waals surface area contributed by atoms with E-state index in [1.807, 2.05) is 4.90 Å². The Labute approximate surface area is 136 Å². The molecule has 1 aromatic rings. The number of nitrogens with one attached hydrogen (secondary N) is 1. The van der Waals surface area contributed by atoms with Gasteiger partial charge in [0.15, 0.2) is 23.3 Å². The Kier molecular flexibility index (Phi) is 5.17. The zero-order chi connectivity index (χ0) is 17.3. The van der Waals surface area contributed by atoms with Gasteiger partial charge in [-0.05, 0) is 6.42 Å². The molecule has 1 aromatic carbocycles. The van der Waals surface area contributed by atoms with E-state index in [0.29, 0.717) is 26.3 Å². The fraction of sp³-hybridized carbons (Fsp3) is 0.562. The van der Waals surface area contributed by atoms with Crippen molar-refractivity contribution in [2.75, 3.05) is 32.8 Å². The van der Waals surface area contributed by atoms with Crippen molar-refractivity contribution in [3.63, 3.8) is 0 Å². The van der Waals surface area contributed by atoms with Crippen molar-refractivity contribution < 1.29 is 27.1 Å². The first-order valence-corrected chi connectivity index (χ1v) is 7.86. The minimum atomic E-state index is -1.41. The Bertz CT molecular complexity index is 596. The van der Waals surface area contributed by atoms with Crippen LogP contribution in [0.15, 0.2) is 6.07 Å². The first-order valence-electron chi connectivity index (χ1n) is 7.86. The predicted octanol–water partition coefficient (Wildman–Crippen LogP) is 1.59. The van der Waals surface area contributed by atoms with E-state index in [1.54, 1.807) is 0 Å². The van der Waals surface area contributed by atoms with Gasteiger partial charge in [0.25, 0.3) is 0 Å². The van der Waals surface area contributed by atoms with Crippen LogP contribution in [-0.2, 0) is 9.53 Å². The van der Waals surface area contributed by atoms with Gasteiger partial charge in [-0.1, -0.05) is 0 Å². The second-order valence-corrected chi connectivity index (χ2v) is 6.10. The van der Waals surface area contributed by atoms with E-state index in [9.17, 15) is 22.4 Å². The number of benzene rings is 1. The Morgan fingerprint density at radius 3 is 2.38 bits per heavy atom. The van der Waals surface area contributed by atoms with Gasteiger partial charge in [-0.15, -0.1) is 0 Å². The molecule has 24 heavy (non-hydrogen) atoms. The van der Waals surface area contributed by atoms with Crippen molar-refractivity contribution in [3.05, 3.63) is 34.9 Å². The Morgan fingerprint density at radius 2 is 1.79 bits per heavy atom. The van der Waals surface area contributed by atoms with Crippen LogP contribution in [0.3, 0.4) is 0 Å². The molecule has 0 radical (unpaired) electrons. The summed E-state index contributed by atoms with van der Waals surface area (Å²) in [5.74, 6) is -6.28. The van der Waals surface area contributed by atoms with E-state index in [2.05, 4.69) is 5.32 Å². The lowest BCUT2D eigenvalue weighted by Crippen LogP contribution is -2.52. The highest BCUT2D eigenvalue weighted by Crippen LogP contribution is 2.33. The van der Waals surface area contributed by atoms with Crippen LogP contribution in [0.25, 0.3) is 0 Å². The molecule has 4 nitrogen and oxygen atoms in total. The molecule has 0 bridgehead atoms. The quantitative estimate of drug-likeness (QED) is 0.511. The highest BCUT2D eigenvalue weighted by Gasteiger charge is 2.38. The number of halogens is 4. The van der Waals surface area contributed by atoms with Crippen LogP contribution in [-0.4, -0.2) is 56.1 Å². The molecule has 0 saturated carbocycles. The average molecular weight is 346 g/mol. The fourth-order valence-corrected chi connectivity index (χ4v) is 3.51. The van der Waals surface area contributed by atoms with Crippen LogP contribution in [0, 0.1) is 23.3 Å². The molecule has 0 aromatic heterocycles. The van der Waals surface area contributed by atoms with Gasteiger partial charge in [0.05, 0.1) is 19.3 Å². The Hall–Kier alpha value is -1.51. The number of morpholine rings is 1. The third-order valence-electron chi connectivity index (χ3n) is 4.74. The molecule has 2 unspecified atom stereocenters. The van der Waals surface area contributed by atoms with Crippen molar-refractivity contribution in [2.24, 2.45) is 0 Å². The molecule has 3 atom stereocenters. The van der Waals surface area contributed by atoms with Gasteiger partial charge in [-0.3, -0.25) is 4.90 Å². The van der Waals surface area contributed by atoms with E-state index in [0.717, 1.165) is 6.29 Å². The molecule has 8 heteroatoms. The minimum Gasteiger partial charge on any atom is -0.379 e. The molecule has 2 aliphatic heterocycles. The smallest absolute Gasteiger partial charge is 0.165 e. The van der Waals surface area contributed by atoms with E-state index in [-0.39, 0.29) is 25.1 Å². The molecule has 0 spiro atoms. The third-order valence-corrected chi connectivity index (χ3v) is 4.74. The minimum absolute atomic E-state index is 0.149. The molecule has 132 valence electrons. The SMILES string of the molecule is O=CC(C1C[C@H](c2c(F)c(F)cc(F)c2F)CN1)N1CCOCC1. The topological polar surface area (TPSA) is 41.6 Å². The summed E-state index contributed by atoms with van der Waals surface area (Å²) < 4.78 is 60.0. The zero-order valence-corrected chi connectivity index (χ0v) is 12.9. The third kappa shape index (κ3) is 3.18. The lowest BCUT2D eigenvalue weighted by atomic mass is 9.92. The normalized spacial score (nSPS) is 26.5. The summed E-state index contributed by atoms with van der Waals surface area (Å²) in [5, 5.41) is 3.05. The number of carbonyl (C=O) groups is 1. The standard InChI is InChI=1S/C16H18F4N2O2/c17-10-6-11(18)16(20)14(15(10)19)9-5-12(21-7-9)13(8-23)22-1-3-24-4-2-22/h6,8-9,12-13,21H,1-5,7H2/t9-,12?,13?/m0/s1. The van der Waals surface area contributed by atoms with Gasteiger partial charge in [0, 0.05) is 43.2 Å². The van der Waals surface area contributed by atoms with Gasteiger partial charge in [-0.2, -0.15) is 0 Å². The summed E-state index contributed by atoms with van der Waals surface area (Å²) in [6, 6.07) is -0.602. The summed E-state index contributed by atoms with van der Waals surface area (Å²) in [4.78, 5) is 13.4. The average Bonchev–Trinajstić information content (AvgIpc) is 3.04. The maximum absolute atomic E-state index is 14.0. The van der Waals surface area contributed by atoms with Crippen LogP contribution in [0.2, 0.25) is 0 Å². The maximum Gasteiger partial charge on any atom is 0.165 e. The lowest BCUT2D eigenvalue weighted by molar-refractivity contribution is -0.115. The zero-order valence-electron chi connectivity index (χ0n) is 12.9. The number of hydrogen-bond donors (Lipinski definition) is 1. The Morgan fingerprint density at radius 1 is 1.17 bits per heavy atom. The number of carbonyl (C=O) groups excluding carboxylic acids is 1. The lowest BCUT2D eigenvalue weighted by Gasteiger charge is -2.34. The molecule has 1 N–H and O–H groups in total. The van der Waals surface area contributed by atoms with Gasteiger partial charge in [0.2, 0.25) is 0 Å². The van der Waals surface area contributed by atoms with Crippen LogP contribution < -0.4 is 5.32 Å². The molecule has 3 rings (SSSR count). The van der Waals surface area contributed by atoms with Crippen LogP contribution in [0.5, 0.6) is 0 Å². The number of ether oxygens (including phenoxy) is 1. The van der Waals surface area contributed by atoms with Crippen molar-refractivity contribution in [1.29, 1.82) is 0 Å². The van der Waals surface area contributed by atoms with Crippen molar-refractivity contribution in [3.8, 4) is 0 Å². The fourth-order valence-electron chi connectivity index (χ4n) is 3.51. The number of aldehydes is 1. The summed E-state index contributed by atoms with van der Waals surface area (Å²) in [6.45, 7) is 2.35. The van der Waals surface area contributed by atoms with E-state index >= 15 is 0 Å². The number of nitrogens with zero attached hydrogens (tertiary/aromatic N) is 1. The summed E-state index contributed by atoms with van der Waals surface area (Å²) in [6.07, 6.45) is 1.02. The van der Waals surface area contributed by atoms with E-state index in [4.69, 9.17) is 4.74 Å². The van der Waals surface area contributed by atoms with Crippen molar-refractivity contribution in [1.82, 2.24) is 10.2 Å². The molecular formula is C16H18F4N2O2. The van der Waals surface area contributed by atoms with Gasteiger partial charge in [-0.25, -0.2) is 17.6 Å². The maximum atomic E-state index is 14.0. The predicted molar refractivity (Wildman–Crippen MR) is 77.7 cm³/mol. The van der Waals surface area contributed by atoms with E-state index in [1.165, 1.54) is 0 Å². The van der Waals surface area contributed by atoms with Crippen molar-refractivity contribution in [2.45, 2.75) is 24.4 Å². The number of rotatable bonds is 4. The van der Waals surface area contributed by atoms with Gasteiger partial charge in [0.1, 0.15) is 6.29 Å². The summed E-state index contributed by atoms with van der Waals surface area (Å²) in [5.41, 5.74) is -0.589. The molecule has 2 fully saturated rings. The first kappa shape index (κ1) is 17.3. The van der Waals surface area contributed by atoms with Gasteiger partial charge >= 0.3 is 0 Å². The second-order valence-electron chi connectivity index (χ2n) is 6.10. The van der Waals surface area contributed by atoms with Crippen LogP contribution >= 0.6 is 0 Å². The second kappa shape index (κ2) is 7.16. The molecule has 2 aliphatic rings. The largest absolute Gasteiger partial charge is 0.379 e. The Balaban J connectivity index is 1.79. The van der Waals surface area contributed by atoms with Crippen LogP contribution in [0.4, 0.5) is 17.6 Å².